The van der Waals surface area contributed by atoms with Crippen LogP contribution in [0.5, 0.6) is 0 Å². The van der Waals surface area contributed by atoms with E-state index in [1.807, 2.05) is 0 Å². The van der Waals surface area contributed by atoms with Crippen molar-refractivity contribution in [3.8, 4) is 0 Å². The molecule has 2 bridgehead atoms. The van der Waals surface area contributed by atoms with Gasteiger partial charge in [0.1, 0.15) is 0 Å². The van der Waals surface area contributed by atoms with Gasteiger partial charge in [-0.05, 0) is 32.9 Å². The first-order valence-corrected chi connectivity index (χ1v) is 9.91. The van der Waals surface area contributed by atoms with Crippen LogP contribution in [0.4, 0.5) is 0 Å². The highest BCUT2D eigenvalue weighted by Gasteiger charge is 2.31. The number of piperazine rings is 3. The molecule has 6 nitrogen and oxygen atoms in total. The van der Waals surface area contributed by atoms with Crippen LogP contribution in [0.2, 0.25) is 0 Å². The van der Waals surface area contributed by atoms with Gasteiger partial charge in [-0.1, -0.05) is 6.92 Å². The van der Waals surface area contributed by atoms with E-state index >= 15 is 0 Å². The molecule has 4 saturated heterocycles. The Balaban J connectivity index is 0.00000225. The third kappa shape index (κ3) is 5.43. The second-order valence-corrected chi connectivity index (χ2v) is 7.49. The maximum absolute atomic E-state index is 4.99. The minimum atomic E-state index is 0. The number of nitrogens with zero attached hydrogens (tertiary/aromatic N) is 5. The van der Waals surface area contributed by atoms with Gasteiger partial charge in [-0.3, -0.25) is 19.7 Å². The summed E-state index contributed by atoms with van der Waals surface area (Å²) in [6.45, 7) is 15.9. The zero-order valence-electron chi connectivity index (χ0n) is 16.3. The molecule has 2 unspecified atom stereocenters. The fourth-order valence-electron chi connectivity index (χ4n) is 4.48. The maximum atomic E-state index is 4.99. The summed E-state index contributed by atoms with van der Waals surface area (Å²) in [6, 6.07) is 1.29. The quantitative estimate of drug-likeness (QED) is 0.361. The van der Waals surface area contributed by atoms with Crippen LogP contribution in [0.3, 0.4) is 0 Å². The zero-order valence-corrected chi connectivity index (χ0v) is 18.6. The molecule has 146 valence electrons. The maximum Gasteiger partial charge on any atom is 0.193 e. The summed E-state index contributed by atoms with van der Waals surface area (Å²) in [5.74, 6) is 1.08. The normalized spacial score (nSPS) is 32.5. The highest BCUT2D eigenvalue weighted by Crippen LogP contribution is 2.18. The highest BCUT2D eigenvalue weighted by atomic mass is 127. The largest absolute Gasteiger partial charge is 0.357 e. The van der Waals surface area contributed by atoms with Crippen LogP contribution in [-0.2, 0) is 0 Å². The van der Waals surface area contributed by atoms with Gasteiger partial charge in [0, 0.05) is 64.9 Å². The minimum absolute atomic E-state index is 0. The molecular weight excluding hydrogens is 427 g/mol. The molecule has 7 heteroatoms. The number of hydrogen-bond acceptors (Lipinski definition) is 4. The molecule has 0 saturated carbocycles. The first-order chi connectivity index (χ1) is 11.7. The molecular formula is C18H37IN6. The summed E-state index contributed by atoms with van der Waals surface area (Å²) in [6.07, 6.45) is 2.66. The van der Waals surface area contributed by atoms with Gasteiger partial charge in [-0.2, -0.15) is 0 Å². The number of nitrogens with one attached hydrogen (secondary N) is 1. The number of halogens is 1. The second-order valence-electron chi connectivity index (χ2n) is 7.49. The lowest BCUT2D eigenvalue weighted by molar-refractivity contribution is 0.0173. The van der Waals surface area contributed by atoms with Crippen molar-refractivity contribution in [2.75, 3.05) is 72.5 Å². The molecule has 0 amide bonds. The van der Waals surface area contributed by atoms with E-state index in [1.165, 1.54) is 58.7 Å². The molecule has 25 heavy (non-hydrogen) atoms. The van der Waals surface area contributed by atoms with Gasteiger partial charge in [0.05, 0.1) is 6.54 Å². The van der Waals surface area contributed by atoms with Crippen LogP contribution in [-0.4, -0.2) is 110 Å². The molecule has 4 heterocycles. The van der Waals surface area contributed by atoms with E-state index in [2.05, 4.69) is 45.8 Å². The fourth-order valence-corrected chi connectivity index (χ4v) is 4.48. The van der Waals surface area contributed by atoms with Crippen LogP contribution in [0.15, 0.2) is 4.99 Å². The van der Waals surface area contributed by atoms with E-state index in [0.717, 1.165) is 25.6 Å². The van der Waals surface area contributed by atoms with Crippen molar-refractivity contribution < 1.29 is 0 Å². The smallest absolute Gasteiger partial charge is 0.193 e. The van der Waals surface area contributed by atoms with Crippen LogP contribution in [0, 0.1) is 0 Å². The molecule has 0 spiro atoms. The summed E-state index contributed by atoms with van der Waals surface area (Å²) in [5.41, 5.74) is 0. The summed E-state index contributed by atoms with van der Waals surface area (Å²) < 4.78 is 0. The topological polar surface area (TPSA) is 37.4 Å². The van der Waals surface area contributed by atoms with Crippen molar-refractivity contribution in [2.45, 2.75) is 38.8 Å². The molecule has 1 N–H and O–H groups in total. The Kier molecular flexibility index (Phi) is 8.71. The second kappa shape index (κ2) is 10.3. The van der Waals surface area contributed by atoms with Crippen LogP contribution in [0.1, 0.15) is 26.7 Å². The summed E-state index contributed by atoms with van der Waals surface area (Å²) in [5, 5.41) is 3.50. The van der Waals surface area contributed by atoms with E-state index in [1.54, 1.807) is 0 Å². The minimum Gasteiger partial charge on any atom is -0.357 e. The van der Waals surface area contributed by atoms with Crippen molar-refractivity contribution in [2.24, 2.45) is 4.99 Å². The highest BCUT2D eigenvalue weighted by molar-refractivity contribution is 14.0. The average molecular weight is 464 g/mol. The number of rotatable bonds is 6. The molecule has 0 radical (unpaired) electrons. The Morgan fingerprint density at radius 1 is 1.12 bits per heavy atom. The van der Waals surface area contributed by atoms with Gasteiger partial charge in [0.25, 0.3) is 0 Å². The Bertz CT molecular complexity index is 424. The van der Waals surface area contributed by atoms with Gasteiger partial charge in [-0.25, -0.2) is 0 Å². The van der Waals surface area contributed by atoms with E-state index in [9.17, 15) is 0 Å². The molecule has 4 fully saturated rings. The average Bonchev–Trinajstić information content (AvgIpc) is 3.06. The number of likely N-dealkylation sites (tertiary alicyclic amines) is 1. The predicted molar refractivity (Wildman–Crippen MR) is 116 cm³/mol. The molecule has 0 aromatic carbocycles. The molecule has 0 aliphatic carbocycles. The predicted octanol–water partition coefficient (Wildman–Crippen LogP) is 0.986. The first-order valence-electron chi connectivity index (χ1n) is 9.91. The SMILES string of the molecule is CCNC(=NCC1CN2CCN1CC2)N(C)CC1CCCN1CC.I. The Morgan fingerprint density at radius 2 is 1.88 bits per heavy atom. The van der Waals surface area contributed by atoms with Crippen molar-refractivity contribution in [1.82, 2.24) is 24.9 Å². The summed E-state index contributed by atoms with van der Waals surface area (Å²) in [4.78, 5) is 15.2. The van der Waals surface area contributed by atoms with Gasteiger partial charge in [-0.15, -0.1) is 24.0 Å². The van der Waals surface area contributed by atoms with Crippen molar-refractivity contribution in [3.63, 3.8) is 0 Å². The van der Waals surface area contributed by atoms with Crippen molar-refractivity contribution in [1.29, 1.82) is 0 Å². The van der Waals surface area contributed by atoms with Crippen LogP contribution < -0.4 is 5.32 Å². The van der Waals surface area contributed by atoms with Gasteiger partial charge in [0.15, 0.2) is 5.96 Å². The lowest BCUT2D eigenvalue weighted by atomic mass is 10.1. The Hall–Kier alpha value is -0.120. The van der Waals surface area contributed by atoms with Gasteiger partial charge >= 0.3 is 0 Å². The molecule has 0 aromatic rings. The molecule has 4 aliphatic rings. The van der Waals surface area contributed by atoms with E-state index < -0.39 is 0 Å². The lowest BCUT2D eigenvalue weighted by Gasteiger charge is -2.47. The zero-order chi connectivity index (χ0) is 16.9. The van der Waals surface area contributed by atoms with Crippen molar-refractivity contribution >= 4 is 29.9 Å². The number of fused-ring (bicyclic) bond motifs is 3. The van der Waals surface area contributed by atoms with E-state index in [4.69, 9.17) is 4.99 Å². The lowest BCUT2D eigenvalue weighted by Crippen LogP contribution is -2.62. The third-order valence-electron chi connectivity index (χ3n) is 5.93. The third-order valence-corrected chi connectivity index (χ3v) is 5.93. The summed E-state index contributed by atoms with van der Waals surface area (Å²) in [7, 11) is 2.20. The monoisotopic (exact) mass is 464 g/mol. The van der Waals surface area contributed by atoms with Crippen molar-refractivity contribution in [3.05, 3.63) is 0 Å². The Morgan fingerprint density at radius 3 is 2.48 bits per heavy atom. The Labute approximate surface area is 171 Å². The van der Waals surface area contributed by atoms with Crippen LogP contribution in [0.25, 0.3) is 0 Å². The molecule has 0 aromatic heterocycles. The van der Waals surface area contributed by atoms with Crippen LogP contribution >= 0.6 is 24.0 Å². The van der Waals surface area contributed by atoms with E-state index in [-0.39, 0.29) is 24.0 Å². The number of aliphatic imine (C=N–C) groups is 1. The number of likely N-dealkylation sites (N-methyl/N-ethyl adjacent to an activating group) is 2. The summed E-state index contributed by atoms with van der Waals surface area (Å²) >= 11 is 0. The van der Waals surface area contributed by atoms with E-state index in [0.29, 0.717) is 12.1 Å². The number of guanidine groups is 1. The fraction of sp³-hybridized carbons (Fsp3) is 0.944. The molecule has 4 rings (SSSR count). The van der Waals surface area contributed by atoms with Gasteiger partial charge in [0.2, 0.25) is 0 Å². The molecule has 2 atom stereocenters. The number of hydrogen-bond donors (Lipinski definition) is 1. The molecule has 4 aliphatic heterocycles. The standard InChI is InChI=1S/C18H36N6.HI/c1-4-19-18(21(3)14-16-7-6-8-23(16)5-2)20-13-17-15-22-9-11-24(17)12-10-22;/h16-17H,4-15H2,1-3H3,(H,19,20);1H. The first kappa shape index (κ1) is 21.2. The van der Waals surface area contributed by atoms with Gasteiger partial charge < -0.3 is 10.2 Å².